The van der Waals surface area contributed by atoms with Gasteiger partial charge in [0.15, 0.2) is 0 Å². The molecule has 0 amide bonds. The van der Waals surface area contributed by atoms with Crippen LogP contribution < -0.4 is 11.3 Å². The van der Waals surface area contributed by atoms with Gasteiger partial charge in [0, 0.05) is 44.1 Å². The van der Waals surface area contributed by atoms with Gasteiger partial charge in [-0.3, -0.25) is 9.69 Å². The third-order valence-electron chi connectivity index (χ3n) is 3.98. The molecule has 0 aliphatic carbocycles. The van der Waals surface area contributed by atoms with Gasteiger partial charge in [-0.15, -0.1) is 0 Å². The van der Waals surface area contributed by atoms with Crippen molar-refractivity contribution in [3.63, 3.8) is 0 Å². The minimum atomic E-state index is 0.00851. The molecule has 1 aliphatic rings. The van der Waals surface area contributed by atoms with Crippen LogP contribution in [0.15, 0.2) is 23.1 Å². The summed E-state index contributed by atoms with van der Waals surface area (Å²) in [4.78, 5) is 16.4. The lowest BCUT2D eigenvalue weighted by Gasteiger charge is -2.21. The maximum atomic E-state index is 11.7. The summed E-state index contributed by atoms with van der Waals surface area (Å²) in [7, 11) is 0. The van der Waals surface area contributed by atoms with Crippen LogP contribution in [0.25, 0.3) is 0 Å². The number of β-amino-alcohol motifs (C(OH)–C–C–N with tert-alkyl or cyclic N) is 1. The van der Waals surface area contributed by atoms with Crippen molar-refractivity contribution in [3.8, 4) is 0 Å². The number of hydrogen-bond donors (Lipinski definition) is 2. The molecule has 0 atom stereocenters. The quantitative estimate of drug-likeness (QED) is 0.761. The van der Waals surface area contributed by atoms with Crippen LogP contribution in [0.4, 0.5) is 5.69 Å². The van der Waals surface area contributed by atoms with E-state index in [0.717, 1.165) is 52.1 Å². The molecular weight excluding hydrogens is 268 g/mol. The molecule has 6 nitrogen and oxygen atoms in total. The van der Waals surface area contributed by atoms with E-state index >= 15 is 0 Å². The zero-order valence-corrected chi connectivity index (χ0v) is 12.6. The van der Waals surface area contributed by atoms with Gasteiger partial charge in [0.1, 0.15) is 0 Å². The first-order valence-corrected chi connectivity index (χ1v) is 7.70. The average Bonchev–Trinajstić information content (AvgIpc) is 2.69. The molecule has 0 spiro atoms. The number of pyridine rings is 1. The standard InChI is InChI=1S/C15H26N4O2/c16-14-3-4-15(21)19(13-14)8-2-7-17-5-1-6-18(10-9-17)11-12-20/h3-4,13,20H,1-2,5-12,16H2. The summed E-state index contributed by atoms with van der Waals surface area (Å²) in [5.41, 5.74) is 6.35. The second-order valence-electron chi connectivity index (χ2n) is 5.61. The molecular formula is C15H26N4O2. The van der Waals surface area contributed by atoms with Gasteiger partial charge in [0.2, 0.25) is 0 Å². The molecule has 2 rings (SSSR count). The molecule has 0 bridgehead atoms. The predicted octanol–water partition coefficient (Wildman–Crippen LogP) is -0.179. The van der Waals surface area contributed by atoms with Gasteiger partial charge < -0.3 is 20.3 Å². The summed E-state index contributed by atoms with van der Waals surface area (Å²) < 4.78 is 1.69. The summed E-state index contributed by atoms with van der Waals surface area (Å²) in [6.07, 6.45) is 3.80. The number of aromatic nitrogens is 1. The molecule has 0 unspecified atom stereocenters. The Hall–Kier alpha value is -1.37. The fraction of sp³-hybridized carbons (Fsp3) is 0.667. The minimum absolute atomic E-state index is 0.00851. The van der Waals surface area contributed by atoms with Crippen LogP contribution in [0, 0.1) is 0 Å². The number of nitrogen functional groups attached to an aromatic ring is 1. The fourth-order valence-electron chi connectivity index (χ4n) is 2.80. The van der Waals surface area contributed by atoms with E-state index in [-0.39, 0.29) is 12.2 Å². The van der Waals surface area contributed by atoms with E-state index in [2.05, 4.69) is 9.80 Å². The van der Waals surface area contributed by atoms with E-state index in [1.165, 1.54) is 6.07 Å². The third-order valence-corrected chi connectivity index (χ3v) is 3.98. The Bertz CT molecular complexity index is 489. The molecule has 1 fully saturated rings. The van der Waals surface area contributed by atoms with E-state index in [9.17, 15) is 4.79 Å². The van der Waals surface area contributed by atoms with E-state index in [4.69, 9.17) is 10.8 Å². The van der Waals surface area contributed by atoms with E-state index in [1.807, 2.05) is 0 Å². The molecule has 2 heterocycles. The zero-order valence-electron chi connectivity index (χ0n) is 12.6. The van der Waals surface area contributed by atoms with E-state index in [0.29, 0.717) is 12.2 Å². The summed E-state index contributed by atoms with van der Waals surface area (Å²) in [5, 5.41) is 8.99. The highest BCUT2D eigenvalue weighted by Gasteiger charge is 2.13. The van der Waals surface area contributed by atoms with Gasteiger partial charge in [-0.1, -0.05) is 0 Å². The lowest BCUT2D eigenvalue weighted by molar-refractivity contribution is 0.196. The second-order valence-corrected chi connectivity index (χ2v) is 5.61. The van der Waals surface area contributed by atoms with Gasteiger partial charge in [-0.2, -0.15) is 0 Å². The minimum Gasteiger partial charge on any atom is -0.398 e. The first-order valence-electron chi connectivity index (χ1n) is 7.70. The SMILES string of the molecule is Nc1ccc(=O)n(CCCN2CCCN(CCO)CC2)c1. The molecule has 0 saturated carbocycles. The summed E-state index contributed by atoms with van der Waals surface area (Å²) >= 11 is 0. The van der Waals surface area contributed by atoms with Gasteiger partial charge in [-0.05, 0) is 38.5 Å². The Morgan fingerprint density at radius 1 is 1.05 bits per heavy atom. The topological polar surface area (TPSA) is 74.7 Å². The Morgan fingerprint density at radius 2 is 1.76 bits per heavy atom. The number of anilines is 1. The maximum Gasteiger partial charge on any atom is 0.250 e. The van der Waals surface area contributed by atoms with Crippen molar-refractivity contribution in [2.45, 2.75) is 19.4 Å². The Balaban J connectivity index is 1.75. The Kier molecular flexibility index (Phi) is 6.22. The smallest absolute Gasteiger partial charge is 0.250 e. The number of nitrogens with zero attached hydrogens (tertiary/aromatic N) is 3. The van der Waals surface area contributed by atoms with Crippen LogP contribution >= 0.6 is 0 Å². The molecule has 1 aliphatic heterocycles. The molecule has 1 aromatic heterocycles. The molecule has 1 saturated heterocycles. The van der Waals surface area contributed by atoms with Crippen molar-refractivity contribution in [1.82, 2.24) is 14.4 Å². The van der Waals surface area contributed by atoms with E-state index in [1.54, 1.807) is 16.8 Å². The van der Waals surface area contributed by atoms with Crippen LogP contribution in [-0.4, -0.2) is 65.3 Å². The van der Waals surface area contributed by atoms with Crippen molar-refractivity contribution in [3.05, 3.63) is 28.7 Å². The lowest BCUT2D eigenvalue weighted by Crippen LogP contribution is -2.33. The van der Waals surface area contributed by atoms with E-state index < -0.39 is 0 Å². The van der Waals surface area contributed by atoms with Gasteiger partial charge in [0.25, 0.3) is 5.56 Å². The number of aryl methyl sites for hydroxylation is 1. The molecule has 118 valence electrons. The molecule has 1 aromatic rings. The highest BCUT2D eigenvalue weighted by atomic mass is 16.3. The lowest BCUT2D eigenvalue weighted by atomic mass is 10.3. The van der Waals surface area contributed by atoms with Crippen LogP contribution in [0.3, 0.4) is 0 Å². The van der Waals surface area contributed by atoms with Crippen LogP contribution in [-0.2, 0) is 6.54 Å². The average molecular weight is 294 g/mol. The summed E-state index contributed by atoms with van der Waals surface area (Å²) in [6, 6.07) is 3.16. The predicted molar refractivity (Wildman–Crippen MR) is 84.3 cm³/mol. The van der Waals surface area contributed by atoms with Crippen LogP contribution in [0.1, 0.15) is 12.8 Å². The highest BCUT2D eigenvalue weighted by Crippen LogP contribution is 2.04. The first-order chi connectivity index (χ1) is 10.2. The Labute approximate surface area is 125 Å². The van der Waals surface area contributed by atoms with Crippen molar-refractivity contribution >= 4 is 5.69 Å². The summed E-state index contributed by atoms with van der Waals surface area (Å²) in [6.45, 7) is 6.91. The third kappa shape index (κ3) is 5.15. The molecule has 6 heteroatoms. The number of aliphatic hydroxyl groups is 1. The van der Waals surface area contributed by atoms with Crippen molar-refractivity contribution in [1.29, 1.82) is 0 Å². The van der Waals surface area contributed by atoms with Gasteiger partial charge >= 0.3 is 0 Å². The maximum absolute atomic E-state index is 11.7. The molecule has 3 N–H and O–H groups in total. The number of hydrogen-bond acceptors (Lipinski definition) is 5. The molecule has 0 radical (unpaired) electrons. The second kappa shape index (κ2) is 8.17. The zero-order chi connectivity index (χ0) is 15.1. The monoisotopic (exact) mass is 294 g/mol. The number of aliphatic hydroxyl groups excluding tert-OH is 1. The van der Waals surface area contributed by atoms with Crippen molar-refractivity contribution < 1.29 is 5.11 Å². The molecule has 21 heavy (non-hydrogen) atoms. The van der Waals surface area contributed by atoms with Crippen LogP contribution in [0.5, 0.6) is 0 Å². The van der Waals surface area contributed by atoms with Gasteiger partial charge in [0.05, 0.1) is 6.61 Å². The Morgan fingerprint density at radius 3 is 2.48 bits per heavy atom. The van der Waals surface area contributed by atoms with Crippen LogP contribution in [0.2, 0.25) is 0 Å². The number of rotatable bonds is 6. The van der Waals surface area contributed by atoms with Crippen molar-refractivity contribution in [2.24, 2.45) is 0 Å². The first kappa shape index (κ1) is 16.0. The highest BCUT2D eigenvalue weighted by molar-refractivity contribution is 5.33. The van der Waals surface area contributed by atoms with Crippen molar-refractivity contribution in [2.75, 3.05) is 51.6 Å². The summed E-state index contributed by atoms with van der Waals surface area (Å²) in [5.74, 6) is 0. The number of nitrogens with two attached hydrogens (primary N) is 1. The fourth-order valence-corrected chi connectivity index (χ4v) is 2.80. The molecule has 0 aromatic carbocycles. The largest absolute Gasteiger partial charge is 0.398 e. The normalized spacial score (nSPS) is 17.8. The van der Waals surface area contributed by atoms with Gasteiger partial charge in [-0.25, -0.2) is 0 Å².